The molecule has 0 aromatic rings. The van der Waals surface area contributed by atoms with Gasteiger partial charge in [-0.3, -0.25) is 9.80 Å². The van der Waals surface area contributed by atoms with Crippen LogP contribution < -0.4 is 0 Å². The third kappa shape index (κ3) is 3.16. The summed E-state index contributed by atoms with van der Waals surface area (Å²) in [6.07, 6.45) is 3.92. The molecule has 2 rings (SSSR count). The van der Waals surface area contributed by atoms with Crippen molar-refractivity contribution < 1.29 is 8.42 Å². The highest BCUT2D eigenvalue weighted by atomic mass is 32.2. The SMILES string of the molecule is CS(=O)(=O)CCN1CCN2CCCC2C1. The van der Waals surface area contributed by atoms with Gasteiger partial charge in [0, 0.05) is 38.5 Å². The zero-order chi connectivity index (χ0) is 10.9. The maximum absolute atomic E-state index is 11.1. The molecule has 0 radical (unpaired) electrons. The van der Waals surface area contributed by atoms with E-state index < -0.39 is 9.84 Å². The number of piperazine rings is 1. The van der Waals surface area contributed by atoms with Crippen LogP contribution in [0.5, 0.6) is 0 Å². The monoisotopic (exact) mass is 232 g/mol. The minimum atomic E-state index is -2.80. The molecule has 88 valence electrons. The van der Waals surface area contributed by atoms with Gasteiger partial charge in [0.25, 0.3) is 0 Å². The molecule has 4 nitrogen and oxygen atoms in total. The van der Waals surface area contributed by atoms with Gasteiger partial charge in [0.2, 0.25) is 0 Å². The first-order chi connectivity index (χ1) is 7.04. The van der Waals surface area contributed by atoms with Gasteiger partial charge in [-0.2, -0.15) is 0 Å². The zero-order valence-electron chi connectivity index (χ0n) is 9.35. The summed E-state index contributed by atoms with van der Waals surface area (Å²) in [5.74, 6) is 0.305. The molecule has 2 aliphatic heterocycles. The summed E-state index contributed by atoms with van der Waals surface area (Å²) >= 11 is 0. The van der Waals surface area contributed by atoms with Gasteiger partial charge in [-0.25, -0.2) is 8.42 Å². The number of hydrogen-bond acceptors (Lipinski definition) is 4. The lowest BCUT2D eigenvalue weighted by molar-refractivity contribution is 0.109. The average molecular weight is 232 g/mol. The van der Waals surface area contributed by atoms with Gasteiger partial charge in [0.15, 0.2) is 0 Å². The van der Waals surface area contributed by atoms with Crippen LogP contribution in [0.15, 0.2) is 0 Å². The Labute approximate surface area is 92.2 Å². The van der Waals surface area contributed by atoms with Crippen LogP contribution in [0.2, 0.25) is 0 Å². The second-order valence-electron chi connectivity index (χ2n) is 4.76. The summed E-state index contributed by atoms with van der Waals surface area (Å²) in [5, 5.41) is 0. The third-order valence-corrected chi connectivity index (χ3v) is 4.37. The van der Waals surface area contributed by atoms with E-state index in [0.29, 0.717) is 18.3 Å². The predicted molar refractivity (Wildman–Crippen MR) is 60.7 cm³/mol. The maximum Gasteiger partial charge on any atom is 0.148 e. The van der Waals surface area contributed by atoms with E-state index in [4.69, 9.17) is 0 Å². The fourth-order valence-electron chi connectivity index (χ4n) is 2.55. The second-order valence-corrected chi connectivity index (χ2v) is 7.02. The molecule has 2 saturated heterocycles. The van der Waals surface area contributed by atoms with Gasteiger partial charge >= 0.3 is 0 Å². The van der Waals surface area contributed by atoms with E-state index in [0.717, 1.165) is 19.6 Å². The van der Waals surface area contributed by atoms with Gasteiger partial charge in [-0.05, 0) is 19.4 Å². The molecule has 0 bridgehead atoms. The number of fused-ring (bicyclic) bond motifs is 1. The summed E-state index contributed by atoms with van der Waals surface area (Å²) in [6.45, 7) is 5.17. The van der Waals surface area contributed by atoms with Crippen molar-refractivity contribution in [1.82, 2.24) is 9.80 Å². The molecule has 0 aromatic heterocycles. The van der Waals surface area contributed by atoms with E-state index >= 15 is 0 Å². The van der Waals surface area contributed by atoms with E-state index in [-0.39, 0.29) is 0 Å². The Hall–Kier alpha value is -0.130. The van der Waals surface area contributed by atoms with Gasteiger partial charge in [-0.15, -0.1) is 0 Å². The van der Waals surface area contributed by atoms with Gasteiger partial charge < -0.3 is 0 Å². The quantitative estimate of drug-likeness (QED) is 0.676. The van der Waals surface area contributed by atoms with Crippen LogP contribution in [0.25, 0.3) is 0 Å². The summed E-state index contributed by atoms with van der Waals surface area (Å²) in [4.78, 5) is 4.84. The van der Waals surface area contributed by atoms with Crippen molar-refractivity contribution in [2.24, 2.45) is 0 Å². The summed E-state index contributed by atoms with van der Waals surface area (Å²) < 4.78 is 22.1. The molecule has 2 fully saturated rings. The van der Waals surface area contributed by atoms with Gasteiger partial charge in [0.05, 0.1) is 5.75 Å². The van der Waals surface area contributed by atoms with E-state index in [1.165, 1.54) is 25.6 Å². The van der Waals surface area contributed by atoms with Gasteiger partial charge in [0.1, 0.15) is 9.84 Å². The molecule has 2 heterocycles. The van der Waals surface area contributed by atoms with Gasteiger partial charge in [-0.1, -0.05) is 0 Å². The van der Waals surface area contributed by atoms with Crippen molar-refractivity contribution in [3.8, 4) is 0 Å². The van der Waals surface area contributed by atoms with Crippen LogP contribution in [0.1, 0.15) is 12.8 Å². The lowest BCUT2D eigenvalue weighted by Crippen LogP contribution is -2.50. The van der Waals surface area contributed by atoms with E-state index in [1.807, 2.05) is 0 Å². The standard InChI is InChI=1S/C10H20N2O2S/c1-15(13,14)8-7-11-5-6-12-4-2-3-10(12)9-11/h10H,2-9H2,1H3. The summed E-state index contributed by atoms with van der Waals surface area (Å²) in [5.41, 5.74) is 0. The Balaban J connectivity index is 1.80. The smallest absolute Gasteiger partial charge is 0.148 e. The Morgan fingerprint density at radius 1 is 1.27 bits per heavy atom. The molecular formula is C10H20N2O2S. The number of nitrogens with zero attached hydrogens (tertiary/aromatic N) is 2. The Bertz CT molecular complexity index is 315. The minimum Gasteiger partial charge on any atom is -0.300 e. The van der Waals surface area contributed by atoms with Crippen LogP contribution in [0.4, 0.5) is 0 Å². The fraction of sp³-hybridized carbons (Fsp3) is 1.00. The van der Waals surface area contributed by atoms with Crippen LogP contribution in [0.3, 0.4) is 0 Å². The lowest BCUT2D eigenvalue weighted by Gasteiger charge is -2.37. The van der Waals surface area contributed by atoms with Crippen LogP contribution in [0, 0.1) is 0 Å². The van der Waals surface area contributed by atoms with Crippen molar-refractivity contribution >= 4 is 9.84 Å². The highest BCUT2D eigenvalue weighted by Crippen LogP contribution is 2.21. The first-order valence-electron chi connectivity index (χ1n) is 5.69. The van der Waals surface area contributed by atoms with E-state index in [2.05, 4.69) is 9.80 Å². The molecule has 0 amide bonds. The van der Waals surface area contributed by atoms with Crippen molar-refractivity contribution in [2.75, 3.05) is 44.7 Å². The fourth-order valence-corrected chi connectivity index (χ4v) is 3.14. The summed E-state index contributed by atoms with van der Waals surface area (Å²) in [7, 11) is -2.80. The second kappa shape index (κ2) is 4.39. The molecule has 0 aromatic carbocycles. The molecule has 0 aliphatic carbocycles. The Kier molecular flexibility index (Phi) is 3.33. The highest BCUT2D eigenvalue weighted by molar-refractivity contribution is 7.90. The number of sulfone groups is 1. The normalized spacial score (nSPS) is 29.3. The molecular weight excluding hydrogens is 212 g/mol. The topological polar surface area (TPSA) is 40.6 Å². The van der Waals surface area contributed by atoms with Crippen LogP contribution >= 0.6 is 0 Å². The predicted octanol–water partition coefficient (Wildman–Crippen LogP) is -0.189. The maximum atomic E-state index is 11.1. The molecule has 2 aliphatic rings. The van der Waals surface area contributed by atoms with Crippen molar-refractivity contribution in [1.29, 1.82) is 0 Å². The molecule has 5 heteroatoms. The van der Waals surface area contributed by atoms with Crippen LogP contribution in [-0.2, 0) is 9.84 Å². The summed E-state index contributed by atoms with van der Waals surface area (Å²) in [6, 6.07) is 0.693. The van der Waals surface area contributed by atoms with Crippen molar-refractivity contribution in [2.45, 2.75) is 18.9 Å². The molecule has 1 atom stereocenters. The lowest BCUT2D eigenvalue weighted by atomic mass is 10.1. The Morgan fingerprint density at radius 2 is 2.07 bits per heavy atom. The molecule has 1 unspecified atom stereocenters. The molecule has 15 heavy (non-hydrogen) atoms. The van der Waals surface area contributed by atoms with E-state index in [9.17, 15) is 8.42 Å². The van der Waals surface area contributed by atoms with Crippen molar-refractivity contribution in [3.05, 3.63) is 0 Å². The highest BCUT2D eigenvalue weighted by Gasteiger charge is 2.30. The molecule has 0 saturated carbocycles. The third-order valence-electron chi connectivity index (χ3n) is 3.45. The molecule has 0 spiro atoms. The average Bonchev–Trinajstić information content (AvgIpc) is 2.60. The number of hydrogen-bond donors (Lipinski definition) is 0. The first-order valence-corrected chi connectivity index (χ1v) is 7.75. The van der Waals surface area contributed by atoms with Crippen LogP contribution in [-0.4, -0.2) is 69.0 Å². The Morgan fingerprint density at radius 3 is 2.80 bits per heavy atom. The first kappa shape index (κ1) is 11.4. The minimum absolute atomic E-state index is 0.305. The number of rotatable bonds is 3. The largest absolute Gasteiger partial charge is 0.300 e. The molecule has 0 N–H and O–H groups in total. The van der Waals surface area contributed by atoms with Crippen molar-refractivity contribution in [3.63, 3.8) is 0 Å². The zero-order valence-corrected chi connectivity index (χ0v) is 10.2. The van der Waals surface area contributed by atoms with E-state index in [1.54, 1.807) is 0 Å².